The van der Waals surface area contributed by atoms with Crippen LogP contribution in [0.15, 0.2) is 24.5 Å². The second kappa shape index (κ2) is 10.0. The van der Waals surface area contributed by atoms with Gasteiger partial charge in [0, 0.05) is 35.7 Å². The minimum Gasteiger partial charge on any atom is -0.459 e. The summed E-state index contributed by atoms with van der Waals surface area (Å²) in [6, 6.07) is 3.99. The highest BCUT2D eigenvalue weighted by Gasteiger charge is 2.33. The first-order valence-electron chi connectivity index (χ1n) is 12.7. The number of pyridine rings is 1. The van der Waals surface area contributed by atoms with E-state index in [1.165, 1.54) is 16.9 Å². The molecule has 3 aromatic rings. The number of piperidine rings is 1. The molecule has 0 bridgehead atoms. The molecular weight excluding hydrogens is 476 g/mol. The van der Waals surface area contributed by atoms with Gasteiger partial charge in [0.2, 0.25) is 0 Å². The Morgan fingerprint density at radius 1 is 1.22 bits per heavy atom. The number of rotatable bonds is 4. The monoisotopic (exact) mass is 508 g/mol. The number of likely N-dealkylation sites (tertiary alicyclic amines) is 1. The van der Waals surface area contributed by atoms with Gasteiger partial charge in [-0.15, -0.1) is 11.3 Å². The molecule has 4 heterocycles. The fraction of sp³-hybridized carbons (Fsp3) is 0.481. The molecule has 1 aliphatic carbocycles. The zero-order valence-electron chi connectivity index (χ0n) is 20.9. The van der Waals surface area contributed by atoms with Gasteiger partial charge in [-0.05, 0) is 81.0 Å². The van der Waals surface area contributed by atoms with Crippen molar-refractivity contribution < 1.29 is 19.1 Å². The van der Waals surface area contributed by atoms with E-state index in [-0.39, 0.29) is 6.10 Å². The lowest BCUT2D eigenvalue weighted by molar-refractivity contribution is -0.143. The summed E-state index contributed by atoms with van der Waals surface area (Å²) in [5.41, 5.74) is 3.45. The van der Waals surface area contributed by atoms with E-state index >= 15 is 0 Å². The van der Waals surface area contributed by atoms with Gasteiger partial charge in [0.15, 0.2) is 0 Å². The smallest absolute Gasteiger partial charge is 0.341 e. The normalized spacial score (nSPS) is 18.3. The number of carbonyl (C=O) groups is 3. The van der Waals surface area contributed by atoms with Crippen molar-refractivity contribution in [2.75, 3.05) is 18.4 Å². The van der Waals surface area contributed by atoms with Crippen LogP contribution in [0.5, 0.6) is 0 Å². The third-order valence-electron chi connectivity index (χ3n) is 7.18. The van der Waals surface area contributed by atoms with Crippen LogP contribution in [0.25, 0.3) is 11.0 Å². The quantitative estimate of drug-likeness (QED) is 0.394. The van der Waals surface area contributed by atoms with Gasteiger partial charge >= 0.3 is 17.8 Å². The number of H-pyrrole nitrogens is 1. The number of hydrogen-bond acceptors (Lipinski definition) is 6. The Balaban J connectivity index is 1.27. The van der Waals surface area contributed by atoms with E-state index in [9.17, 15) is 14.4 Å². The van der Waals surface area contributed by atoms with E-state index in [0.717, 1.165) is 53.6 Å². The van der Waals surface area contributed by atoms with Gasteiger partial charge in [-0.3, -0.25) is 9.59 Å². The molecule has 0 aromatic carbocycles. The fourth-order valence-electron chi connectivity index (χ4n) is 5.34. The topological polar surface area (TPSA) is 104 Å². The number of aromatic amines is 1. The molecule has 0 radical (unpaired) electrons. The Bertz CT molecular complexity index is 1300. The zero-order valence-corrected chi connectivity index (χ0v) is 21.7. The van der Waals surface area contributed by atoms with E-state index in [0.29, 0.717) is 35.5 Å². The molecule has 1 atom stereocenters. The van der Waals surface area contributed by atoms with Gasteiger partial charge in [0.05, 0.1) is 11.7 Å². The van der Waals surface area contributed by atoms with Crippen LogP contribution in [-0.2, 0) is 27.2 Å². The summed E-state index contributed by atoms with van der Waals surface area (Å²) in [5.74, 6) is -0.871. The first-order chi connectivity index (χ1) is 17.3. The predicted molar refractivity (Wildman–Crippen MR) is 139 cm³/mol. The summed E-state index contributed by atoms with van der Waals surface area (Å²) >= 11 is 1.40. The molecule has 2 amide bonds. The van der Waals surface area contributed by atoms with E-state index in [4.69, 9.17) is 4.74 Å². The van der Waals surface area contributed by atoms with E-state index < -0.39 is 17.8 Å². The number of amides is 2. The lowest BCUT2D eigenvalue weighted by Gasteiger charge is -2.31. The zero-order chi connectivity index (χ0) is 25.4. The van der Waals surface area contributed by atoms with Gasteiger partial charge in [-0.2, -0.15) is 0 Å². The number of aromatic nitrogens is 2. The van der Waals surface area contributed by atoms with E-state index in [1.54, 1.807) is 24.9 Å². The molecule has 3 aromatic heterocycles. The van der Waals surface area contributed by atoms with Crippen LogP contribution in [0.2, 0.25) is 0 Å². The minimum absolute atomic E-state index is 0.269. The number of nitrogens with one attached hydrogen (secondary N) is 2. The number of thiophene rings is 1. The number of carbonyl (C=O) groups excluding carboxylic acids is 3. The Morgan fingerprint density at radius 3 is 2.75 bits per heavy atom. The molecule has 0 saturated carbocycles. The summed E-state index contributed by atoms with van der Waals surface area (Å²) < 4.78 is 5.48. The first-order valence-corrected chi connectivity index (χ1v) is 13.5. The van der Waals surface area contributed by atoms with Crippen molar-refractivity contribution in [3.8, 4) is 0 Å². The van der Waals surface area contributed by atoms with E-state index in [1.807, 2.05) is 12.3 Å². The van der Waals surface area contributed by atoms with Crippen LogP contribution in [0.1, 0.15) is 72.3 Å². The third-order valence-corrected chi connectivity index (χ3v) is 8.35. The first kappa shape index (κ1) is 24.5. The van der Waals surface area contributed by atoms with Crippen molar-refractivity contribution in [1.29, 1.82) is 0 Å². The third kappa shape index (κ3) is 4.76. The Morgan fingerprint density at radius 2 is 2.00 bits per heavy atom. The van der Waals surface area contributed by atoms with Crippen LogP contribution < -0.4 is 5.32 Å². The molecule has 0 spiro atoms. The summed E-state index contributed by atoms with van der Waals surface area (Å²) in [6.45, 7) is 6.80. The van der Waals surface area contributed by atoms with Crippen LogP contribution >= 0.6 is 11.3 Å². The highest BCUT2D eigenvalue weighted by molar-refractivity contribution is 7.17. The molecule has 36 heavy (non-hydrogen) atoms. The molecule has 2 N–H and O–H groups in total. The number of esters is 1. The van der Waals surface area contributed by atoms with Gasteiger partial charge in [-0.1, -0.05) is 6.92 Å². The second-order valence-corrected chi connectivity index (χ2v) is 11.3. The number of hydrogen-bond donors (Lipinski definition) is 2. The predicted octanol–water partition coefficient (Wildman–Crippen LogP) is 4.66. The van der Waals surface area contributed by atoms with E-state index in [2.05, 4.69) is 28.3 Å². The minimum atomic E-state index is -0.699. The Kier molecular flexibility index (Phi) is 6.83. The summed E-state index contributed by atoms with van der Waals surface area (Å²) in [6.07, 6.45) is 7.67. The molecule has 190 valence electrons. The van der Waals surface area contributed by atoms with Crippen molar-refractivity contribution in [1.82, 2.24) is 14.9 Å². The lowest BCUT2D eigenvalue weighted by atomic mass is 9.88. The summed E-state index contributed by atoms with van der Waals surface area (Å²) in [5, 5.41) is 4.31. The molecule has 1 unspecified atom stereocenters. The molecule has 1 aliphatic heterocycles. The highest BCUT2D eigenvalue weighted by atomic mass is 32.1. The lowest BCUT2D eigenvalue weighted by Crippen LogP contribution is -2.43. The van der Waals surface area contributed by atoms with Crippen molar-refractivity contribution in [3.63, 3.8) is 0 Å². The molecule has 8 nitrogen and oxygen atoms in total. The van der Waals surface area contributed by atoms with Crippen molar-refractivity contribution in [2.45, 2.75) is 64.9 Å². The average molecular weight is 509 g/mol. The molecule has 5 rings (SSSR count). The van der Waals surface area contributed by atoms with Gasteiger partial charge < -0.3 is 19.9 Å². The van der Waals surface area contributed by atoms with Gasteiger partial charge in [-0.25, -0.2) is 9.78 Å². The fourth-order valence-corrected chi connectivity index (χ4v) is 6.73. The molecule has 2 aliphatic rings. The SMILES string of the molecule is CC1CCc2c(sc(NC(=O)C(=O)N3CCC(c4c[nH]c5ncccc45)CC3)c2C(=O)OC(C)C)C1. The Hall–Kier alpha value is -3.20. The van der Waals surface area contributed by atoms with Gasteiger partial charge in [0.1, 0.15) is 10.6 Å². The maximum atomic E-state index is 13.0. The molecule has 1 fully saturated rings. The number of anilines is 1. The highest BCUT2D eigenvalue weighted by Crippen LogP contribution is 2.40. The number of nitrogens with zero attached hydrogens (tertiary/aromatic N) is 2. The standard InChI is InChI=1S/C27H32N4O4S/c1-15(2)35-27(34)22-19-7-6-16(3)13-21(19)36-25(22)30-24(32)26(33)31-11-8-17(9-12-31)20-14-29-23-18(20)5-4-10-28-23/h4-5,10,14-17H,6-9,11-13H2,1-3H3,(H,28,29)(H,30,32). The summed E-state index contributed by atoms with van der Waals surface area (Å²) in [4.78, 5) is 49.3. The maximum Gasteiger partial charge on any atom is 0.341 e. The van der Waals surface area contributed by atoms with Crippen molar-refractivity contribution in [2.24, 2.45) is 5.92 Å². The number of fused-ring (bicyclic) bond motifs is 2. The second-order valence-electron chi connectivity index (χ2n) is 10.2. The molecular formula is C27H32N4O4S. The number of ether oxygens (including phenoxy) is 1. The van der Waals surface area contributed by atoms with Crippen LogP contribution in [0.4, 0.5) is 5.00 Å². The molecule has 1 saturated heterocycles. The van der Waals surface area contributed by atoms with Crippen LogP contribution in [-0.4, -0.2) is 51.8 Å². The van der Waals surface area contributed by atoms with Crippen LogP contribution in [0.3, 0.4) is 0 Å². The molecule has 9 heteroatoms. The van der Waals surface area contributed by atoms with Crippen LogP contribution in [0, 0.1) is 5.92 Å². The Labute approximate surface area is 214 Å². The average Bonchev–Trinajstić information content (AvgIpc) is 3.44. The van der Waals surface area contributed by atoms with Crippen molar-refractivity contribution >= 4 is 45.2 Å². The maximum absolute atomic E-state index is 13.0. The summed E-state index contributed by atoms with van der Waals surface area (Å²) in [7, 11) is 0. The van der Waals surface area contributed by atoms with Crippen molar-refractivity contribution in [3.05, 3.63) is 46.1 Å². The largest absolute Gasteiger partial charge is 0.459 e. The van der Waals surface area contributed by atoms with Gasteiger partial charge in [0.25, 0.3) is 0 Å².